The summed E-state index contributed by atoms with van der Waals surface area (Å²) in [6, 6.07) is 2.89. The summed E-state index contributed by atoms with van der Waals surface area (Å²) >= 11 is 4.20. The normalized spacial score (nSPS) is 13.9. The number of aromatic nitrogens is 3. The number of H-pyrrole nitrogens is 2. The molecule has 0 aliphatic heterocycles. The van der Waals surface area contributed by atoms with Gasteiger partial charge in [0.1, 0.15) is 18.1 Å². The molecule has 0 spiro atoms. The fraction of sp³-hybridized carbons (Fsp3) is 0.385. The molecule has 0 fully saturated rings. The number of aromatic amines is 2. The van der Waals surface area contributed by atoms with Gasteiger partial charge in [-0.15, -0.1) is 0 Å². The van der Waals surface area contributed by atoms with E-state index in [2.05, 4.69) is 48.5 Å². The lowest BCUT2D eigenvalue weighted by Crippen LogP contribution is -2.58. The molecule has 226 valence electrons. The minimum Gasteiger partial charge on any atom is -0.480 e. The number of carbonyl (C=O) groups is 4. The van der Waals surface area contributed by atoms with Crippen LogP contribution in [-0.2, 0) is 32.0 Å². The molecule has 12 N–H and O–H groups in total. The summed E-state index contributed by atoms with van der Waals surface area (Å²) in [5.74, 6) is -3.41. The number of nitrogens with one attached hydrogen (secondary N) is 5. The molecule has 3 amide bonds. The number of aliphatic carboxylic acids is 1. The number of para-hydroxylation sites is 1. The lowest BCUT2D eigenvalue weighted by molar-refractivity contribution is -0.142. The van der Waals surface area contributed by atoms with E-state index in [9.17, 15) is 24.3 Å². The molecule has 0 bridgehead atoms. The number of hydrogen-bond donors (Lipinski definition) is 10. The highest BCUT2D eigenvalue weighted by atomic mass is 32.1. The number of rotatable bonds is 16. The van der Waals surface area contributed by atoms with Gasteiger partial charge in [-0.05, 0) is 24.5 Å². The van der Waals surface area contributed by atoms with Crippen molar-refractivity contribution >= 4 is 53.2 Å². The zero-order valence-electron chi connectivity index (χ0n) is 22.7. The molecule has 4 atom stereocenters. The number of thiol groups is 1. The third-order valence-corrected chi connectivity index (χ3v) is 6.81. The van der Waals surface area contributed by atoms with Gasteiger partial charge >= 0.3 is 5.97 Å². The van der Waals surface area contributed by atoms with Crippen LogP contribution in [0.5, 0.6) is 0 Å². The molecule has 0 radical (unpaired) electrons. The Kier molecular flexibility index (Phi) is 11.7. The number of nitrogens with zero attached hydrogens (tertiary/aromatic N) is 2. The van der Waals surface area contributed by atoms with E-state index >= 15 is 0 Å². The van der Waals surface area contributed by atoms with Gasteiger partial charge in [0, 0.05) is 54.1 Å². The van der Waals surface area contributed by atoms with Crippen molar-refractivity contribution in [1.82, 2.24) is 30.9 Å². The lowest BCUT2D eigenvalue weighted by Gasteiger charge is -2.24. The molecule has 3 aromatic rings. The number of amides is 3. The van der Waals surface area contributed by atoms with E-state index in [1.165, 1.54) is 12.5 Å². The first-order chi connectivity index (χ1) is 20.1. The van der Waals surface area contributed by atoms with Crippen LogP contribution in [0.4, 0.5) is 0 Å². The molecular formula is C26H36N10O5S. The summed E-state index contributed by atoms with van der Waals surface area (Å²) in [5.41, 5.74) is 18.6. The van der Waals surface area contributed by atoms with Crippen LogP contribution in [0.25, 0.3) is 10.9 Å². The highest BCUT2D eigenvalue weighted by Crippen LogP contribution is 2.19. The number of nitrogens with two attached hydrogens (primary N) is 3. The van der Waals surface area contributed by atoms with Crippen LogP contribution >= 0.6 is 12.6 Å². The summed E-state index contributed by atoms with van der Waals surface area (Å²) < 4.78 is 0. The fourth-order valence-corrected chi connectivity index (χ4v) is 4.47. The molecular weight excluding hydrogens is 564 g/mol. The van der Waals surface area contributed by atoms with Gasteiger partial charge in [-0.3, -0.25) is 19.4 Å². The van der Waals surface area contributed by atoms with Gasteiger partial charge in [0.25, 0.3) is 0 Å². The average Bonchev–Trinajstić information content (AvgIpc) is 3.62. The number of hydrogen-bond acceptors (Lipinski definition) is 8. The minimum absolute atomic E-state index is 0.0372. The number of guanidine groups is 1. The number of fused-ring (bicyclic) bond motifs is 1. The predicted molar refractivity (Wildman–Crippen MR) is 159 cm³/mol. The maximum atomic E-state index is 13.4. The van der Waals surface area contributed by atoms with E-state index in [1.807, 2.05) is 24.3 Å². The number of carboxylic acid groups (broad SMARTS) is 1. The van der Waals surface area contributed by atoms with Gasteiger partial charge in [-0.25, -0.2) is 9.78 Å². The van der Waals surface area contributed by atoms with Crippen molar-refractivity contribution in [3.05, 3.63) is 54.2 Å². The highest BCUT2D eigenvalue weighted by molar-refractivity contribution is 7.80. The average molecular weight is 601 g/mol. The van der Waals surface area contributed by atoms with Crippen LogP contribution in [-0.4, -0.2) is 86.2 Å². The zero-order valence-corrected chi connectivity index (χ0v) is 23.6. The van der Waals surface area contributed by atoms with Crippen molar-refractivity contribution < 1.29 is 24.3 Å². The first-order valence-corrected chi connectivity index (χ1v) is 13.8. The Morgan fingerprint density at radius 3 is 2.33 bits per heavy atom. The third-order valence-electron chi connectivity index (χ3n) is 6.45. The van der Waals surface area contributed by atoms with Gasteiger partial charge in [-0.1, -0.05) is 18.2 Å². The summed E-state index contributed by atoms with van der Waals surface area (Å²) in [7, 11) is 0. The van der Waals surface area contributed by atoms with Crippen molar-refractivity contribution in [3.63, 3.8) is 0 Å². The molecule has 0 saturated carbocycles. The molecule has 3 rings (SSSR count). The van der Waals surface area contributed by atoms with Crippen LogP contribution in [0, 0.1) is 0 Å². The molecule has 42 heavy (non-hydrogen) atoms. The quantitative estimate of drug-likeness (QED) is 0.0397. The van der Waals surface area contributed by atoms with Gasteiger partial charge in [0.05, 0.1) is 12.4 Å². The van der Waals surface area contributed by atoms with Gasteiger partial charge in [0.15, 0.2) is 5.96 Å². The van der Waals surface area contributed by atoms with Gasteiger partial charge < -0.3 is 48.2 Å². The van der Waals surface area contributed by atoms with Crippen LogP contribution in [0.1, 0.15) is 24.1 Å². The van der Waals surface area contributed by atoms with Gasteiger partial charge in [-0.2, -0.15) is 12.6 Å². The van der Waals surface area contributed by atoms with Crippen molar-refractivity contribution in [3.8, 4) is 0 Å². The maximum Gasteiger partial charge on any atom is 0.326 e. The topological polar surface area (TPSA) is 259 Å². The standard InChI is InChI=1S/C26H36N10O5S/c27-17(5-3-7-31-26(28)29)22(37)36-21(12-42)24(39)34-19(8-14-10-32-18-6-2-1-4-16(14)18)23(38)35-20(25(40)41)9-15-11-30-13-33-15/h1-2,4,6,10-11,13,17,19-21,32,42H,3,5,7-9,12,27H2,(H,30,33)(H,34,39)(H,35,38)(H,36,37)(H,40,41)(H4,28,29,31). The first kappa shape index (κ1) is 32.0. The SMILES string of the molecule is NC(N)=NCCCC(N)C(=O)NC(CS)C(=O)NC(Cc1c[nH]c2ccccc12)C(=O)NC(Cc1cnc[nH]1)C(=O)O. The van der Waals surface area contributed by atoms with E-state index < -0.39 is 47.9 Å². The van der Waals surface area contributed by atoms with Crippen LogP contribution in [0.2, 0.25) is 0 Å². The lowest BCUT2D eigenvalue weighted by atomic mass is 10.0. The smallest absolute Gasteiger partial charge is 0.326 e. The van der Waals surface area contributed by atoms with E-state index in [0.29, 0.717) is 18.7 Å². The van der Waals surface area contributed by atoms with Crippen molar-refractivity contribution in [2.45, 2.75) is 49.9 Å². The summed E-state index contributed by atoms with van der Waals surface area (Å²) in [6.45, 7) is 0.294. The second-order valence-electron chi connectivity index (χ2n) is 9.60. The summed E-state index contributed by atoms with van der Waals surface area (Å²) in [4.78, 5) is 64.9. The molecule has 0 aliphatic carbocycles. The van der Waals surface area contributed by atoms with E-state index in [1.54, 1.807) is 6.20 Å². The van der Waals surface area contributed by atoms with E-state index in [4.69, 9.17) is 17.2 Å². The number of carboxylic acids is 1. The molecule has 2 heterocycles. The molecule has 0 aliphatic rings. The van der Waals surface area contributed by atoms with Crippen LogP contribution in [0.15, 0.2) is 48.0 Å². The van der Waals surface area contributed by atoms with Crippen LogP contribution < -0.4 is 33.2 Å². The monoisotopic (exact) mass is 600 g/mol. The summed E-state index contributed by atoms with van der Waals surface area (Å²) in [6.07, 6.45) is 5.27. The molecule has 15 nitrogen and oxygen atoms in total. The Hall–Kier alpha value is -4.57. The van der Waals surface area contributed by atoms with Crippen LogP contribution in [0.3, 0.4) is 0 Å². The maximum absolute atomic E-state index is 13.4. The Balaban J connectivity index is 1.74. The Bertz CT molecular complexity index is 1390. The second kappa shape index (κ2) is 15.4. The third kappa shape index (κ3) is 9.24. The molecule has 16 heteroatoms. The number of benzene rings is 1. The molecule has 2 aromatic heterocycles. The van der Waals surface area contributed by atoms with Crippen molar-refractivity contribution in [2.75, 3.05) is 12.3 Å². The minimum atomic E-state index is -1.29. The highest BCUT2D eigenvalue weighted by Gasteiger charge is 2.31. The number of carbonyl (C=O) groups excluding carboxylic acids is 3. The predicted octanol–water partition coefficient (Wildman–Crippen LogP) is -1.47. The zero-order chi connectivity index (χ0) is 30.6. The summed E-state index contributed by atoms with van der Waals surface area (Å²) in [5, 5.41) is 18.3. The van der Waals surface area contributed by atoms with E-state index in [-0.39, 0.29) is 31.0 Å². The molecule has 1 aromatic carbocycles. The van der Waals surface area contributed by atoms with E-state index in [0.717, 1.165) is 16.5 Å². The number of aliphatic imine (C=N–C) groups is 1. The second-order valence-corrected chi connectivity index (χ2v) is 9.97. The first-order valence-electron chi connectivity index (χ1n) is 13.2. The largest absolute Gasteiger partial charge is 0.480 e. The molecule has 0 saturated heterocycles. The Labute approximate surface area is 246 Å². The Morgan fingerprint density at radius 1 is 0.976 bits per heavy atom. The van der Waals surface area contributed by atoms with Crippen molar-refractivity contribution in [2.24, 2.45) is 22.2 Å². The molecule has 4 unspecified atom stereocenters. The van der Waals surface area contributed by atoms with Gasteiger partial charge in [0.2, 0.25) is 17.7 Å². The Morgan fingerprint density at radius 2 is 1.67 bits per heavy atom. The number of imidazole rings is 1. The fourth-order valence-electron chi connectivity index (χ4n) is 4.21. The van der Waals surface area contributed by atoms with Crippen molar-refractivity contribution in [1.29, 1.82) is 0 Å².